The van der Waals surface area contributed by atoms with Crippen molar-refractivity contribution in [2.75, 3.05) is 5.32 Å². The molecule has 0 aromatic heterocycles. The number of aliphatic hydroxyl groups excluding tert-OH is 1. The number of nitrogens with one attached hydrogen (secondary N) is 1. The Labute approximate surface area is 160 Å². The third-order valence-electron chi connectivity index (χ3n) is 3.56. The summed E-state index contributed by atoms with van der Waals surface area (Å²) in [6, 6.07) is 10.4. The molecule has 0 amide bonds. The summed E-state index contributed by atoms with van der Waals surface area (Å²) in [6.45, 7) is 0. The molecule has 0 aliphatic rings. The number of hydrogen-bond donors (Lipinski definition) is 6. The summed E-state index contributed by atoms with van der Waals surface area (Å²) < 4.78 is 29.6. The Morgan fingerprint density at radius 3 is 2.36 bits per heavy atom. The Kier molecular flexibility index (Phi) is 6.72. The highest BCUT2D eigenvalue weighted by atomic mass is 32.2. The summed E-state index contributed by atoms with van der Waals surface area (Å²) in [6.07, 6.45) is -1.99. The van der Waals surface area contributed by atoms with Crippen molar-refractivity contribution >= 4 is 22.0 Å². The number of hydrogen-bond acceptors (Lipinski definition) is 9. The van der Waals surface area contributed by atoms with Crippen molar-refractivity contribution in [2.45, 2.75) is 29.9 Å². The Morgan fingerprint density at radius 1 is 1.18 bits per heavy atom. The minimum atomic E-state index is -4.31. The summed E-state index contributed by atoms with van der Waals surface area (Å²) in [4.78, 5) is 10.7. The highest BCUT2D eigenvalue weighted by Gasteiger charge is 2.24. The molecule has 28 heavy (non-hydrogen) atoms. The number of para-hydroxylation sites is 1. The van der Waals surface area contributed by atoms with E-state index in [0.717, 1.165) is 6.07 Å². The zero-order valence-electron chi connectivity index (χ0n) is 14.5. The van der Waals surface area contributed by atoms with Crippen LogP contribution < -0.4 is 15.2 Å². The van der Waals surface area contributed by atoms with E-state index in [2.05, 4.69) is 5.32 Å². The first-order valence-electron chi connectivity index (χ1n) is 8.00. The van der Waals surface area contributed by atoms with Crippen LogP contribution in [0.5, 0.6) is 11.5 Å². The van der Waals surface area contributed by atoms with Crippen molar-refractivity contribution in [1.29, 1.82) is 0 Å². The lowest BCUT2D eigenvalue weighted by Crippen LogP contribution is -2.30. The molecule has 0 fully saturated rings. The van der Waals surface area contributed by atoms with E-state index >= 15 is 0 Å². The lowest BCUT2D eigenvalue weighted by molar-refractivity contribution is -0.316. The number of benzene rings is 2. The smallest absolute Gasteiger partial charge is 0.275 e. The number of anilines is 1. The second kappa shape index (κ2) is 8.65. The third kappa shape index (κ3) is 6.27. The molecule has 10 nitrogen and oxygen atoms in total. The van der Waals surface area contributed by atoms with Crippen LogP contribution in [0.3, 0.4) is 0 Å². The highest BCUT2D eigenvalue weighted by molar-refractivity contribution is 7.89. The molecule has 0 saturated carbocycles. The molecule has 0 heterocycles. The monoisotopic (exact) mass is 412 g/mol. The number of aliphatic hydroxyl groups is 4. The topological polar surface area (TPSA) is 179 Å². The molecule has 1 atom stereocenters. The highest BCUT2D eigenvalue weighted by Crippen LogP contribution is 2.37. The molecule has 0 bridgehead atoms. The minimum absolute atomic E-state index is 0.0556. The van der Waals surface area contributed by atoms with E-state index in [-0.39, 0.29) is 29.2 Å². The average Bonchev–Trinajstić information content (AvgIpc) is 2.60. The largest absolute Gasteiger partial charge is 0.454 e. The van der Waals surface area contributed by atoms with E-state index in [1.807, 2.05) is 0 Å². The zero-order valence-corrected chi connectivity index (χ0v) is 15.3. The summed E-state index contributed by atoms with van der Waals surface area (Å²) in [5.74, 6) is -2.98. The normalized spacial score (nSPS) is 13.0. The quantitative estimate of drug-likeness (QED) is 0.246. The fourth-order valence-electron chi connectivity index (χ4n) is 2.30. The fourth-order valence-corrected chi connectivity index (χ4v) is 3.01. The van der Waals surface area contributed by atoms with Gasteiger partial charge in [0.1, 0.15) is 23.2 Å². The van der Waals surface area contributed by atoms with Gasteiger partial charge in [-0.25, -0.2) is 13.6 Å². The maximum Gasteiger partial charge on any atom is 0.275 e. The van der Waals surface area contributed by atoms with E-state index < -0.39 is 33.5 Å². The number of carbonyl (C=O) groups excluding carboxylic acids is 1. The van der Waals surface area contributed by atoms with E-state index in [4.69, 9.17) is 25.2 Å². The van der Waals surface area contributed by atoms with Crippen LogP contribution in [0, 0.1) is 0 Å². The molecule has 1 unspecified atom stereocenters. The Morgan fingerprint density at radius 2 is 1.82 bits per heavy atom. The molecular formula is C17H20N2O8S. The number of primary sulfonamides is 1. The molecule has 2 aromatic carbocycles. The van der Waals surface area contributed by atoms with Crippen molar-refractivity contribution in [3.05, 3.63) is 48.0 Å². The predicted molar refractivity (Wildman–Crippen MR) is 98.0 cm³/mol. The molecule has 0 radical (unpaired) electrons. The van der Waals surface area contributed by atoms with Crippen LogP contribution >= 0.6 is 0 Å². The van der Waals surface area contributed by atoms with Gasteiger partial charge in [-0.15, -0.1) is 0 Å². The summed E-state index contributed by atoms with van der Waals surface area (Å²) in [5, 5.41) is 44.6. The zero-order chi connectivity index (χ0) is 20.9. The van der Waals surface area contributed by atoms with Crippen molar-refractivity contribution in [1.82, 2.24) is 0 Å². The molecule has 2 rings (SSSR count). The first-order valence-corrected chi connectivity index (χ1v) is 9.55. The van der Waals surface area contributed by atoms with Crippen LogP contribution in [0.2, 0.25) is 0 Å². The van der Waals surface area contributed by atoms with Gasteiger partial charge in [0.25, 0.3) is 5.97 Å². The molecule has 0 spiro atoms. The first kappa shape index (κ1) is 21.8. The SMILES string of the molecule is NS(=O)(=O)c1cc(C=O)cc(NC(O)CCC(O)(O)O)c1Oc1ccccc1. The maximum absolute atomic E-state index is 12.0. The lowest BCUT2D eigenvalue weighted by Gasteiger charge is -2.21. The van der Waals surface area contributed by atoms with Crippen LogP contribution in [0.25, 0.3) is 0 Å². The van der Waals surface area contributed by atoms with Crippen LogP contribution in [-0.4, -0.2) is 47.3 Å². The Bertz CT molecular complexity index is 926. The Hall–Kier alpha value is -2.54. The van der Waals surface area contributed by atoms with Gasteiger partial charge in [-0.2, -0.15) is 0 Å². The molecule has 152 valence electrons. The number of ether oxygens (including phenoxy) is 1. The van der Waals surface area contributed by atoms with Crippen LogP contribution in [0.4, 0.5) is 5.69 Å². The van der Waals surface area contributed by atoms with E-state index in [1.54, 1.807) is 30.3 Å². The Balaban J connectivity index is 2.47. The fraction of sp³-hybridized carbons (Fsp3) is 0.235. The van der Waals surface area contributed by atoms with Gasteiger partial charge in [0, 0.05) is 12.0 Å². The van der Waals surface area contributed by atoms with Crippen LogP contribution in [-0.2, 0) is 10.0 Å². The summed E-state index contributed by atoms with van der Waals surface area (Å²) >= 11 is 0. The van der Waals surface area contributed by atoms with Gasteiger partial charge in [0.15, 0.2) is 5.75 Å². The summed E-state index contributed by atoms with van der Waals surface area (Å²) in [5.41, 5.74) is -0.135. The van der Waals surface area contributed by atoms with E-state index in [9.17, 15) is 18.3 Å². The van der Waals surface area contributed by atoms with Crippen LogP contribution in [0.1, 0.15) is 23.2 Å². The van der Waals surface area contributed by atoms with Gasteiger partial charge in [-0.1, -0.05) is 18.2 Å². The van der Waals surface area contributed by atoms with Crippen molar-refractivity contribution in [3.8, 4) is 11.5 Å². The molecule has 11 heteroatoms. The third-order valence-corrected chi connectivity index (χ3v) is 4.47. The average molecular weight is 412 g/mol. The van der Waals surface area contributed by atoms with Gasteiger partial charge in [0.2, 0.25) is 10.0 Å². The summed E-state index contributed by atoms with van der Waals surface area (Å²) in [7, 11) is -4.31. The van der Waals surface area contributed by atoms with Gasteiger partial charge in [-0.05, 0) is 30.7 Å². The molecule has 7 N–H and O–H groups in total. The first-order chi connectivity index (χ1) is 13.0. The van der Waals surface area contributed by atoms with Crippen molar-refractivity contribution in [3.63, 3.8) is 0 Å². The minimum Gasteiger partial charge on any atom is -0.454 e. The molecular weight excluding hydrogens is 392 g/mol. The number of rotatable bonds is 9. The van der Waals surface area contributed by atoms with E-state index in [0.29, 0.717) is 6.29 Å². The number of carbonyl (C=O) groups is 1. The second-order valence-electron chi connectivity index (χ2n) is 5.95. The standard InChI is InChI=1S/C17H20N2O8S/c18-28(25,26)14-9-11(10-20)8-13(19-15(21)6-7-17(22,23)24)16(14)27-12-4-2-1-3-5-12/h1-5,8-10,15,19,21-24H,6-7H2,(H2,18,25,26). The van der Waals surface area contributed by atoms with Crippen molar-refractivity contribution in [2.24, 2.45) is 5.14 Å². The molecule has 0 aliphatic carbocycles. The van der Waals surface area contributed by atoms with Gasteiger partial charge < -0.3 is 30.5 Å². The molecule has 2 aromatic rings. The van der Waals surface area contributed by atoms with Crippen molar-refractivity contribution < 1.29 is 38.4 Å². The van der Waals surface area contributed by atoms with Gasteiger partial charge >= 0.3 is 0 Å². The number of aldehydes is 1. The number of sulfonamides is 1. The van der Waals surface area contributed by atoms with E-state index in [1.165, 1.54) is 6.07 Å². The van der Waals surface area contributed by atoms with Gasteiger partial charge in [0.05, 0.1) is 5.69 Å². The predicted octanol–water partition coefficient (Wildman–Crippen LogP) is 0.0800. The van der Waals surface area contributed by atoms with Gasteiger partial charge in [-0.3, -0.25) is 4.79 Å². The second-order valence-corrected chi connectivity index (χ2v) is 7.48. The molecule has 0 aliphatic heterocycles. The number of nitrogens with two attached hydrogens (primary N) is 1. The van der Waals surface area contributed by atoms with Crippen LogP contribution in [0.15, 0.2) is 47.4 Å². The maximum atomic E-state index is 12.0. The lowest BCUT2D eigenvalue weighted by atomic mass is 10.1. The molecule has 0 saturated heterocycles.